The van der Waals surface area contributed by atoms with Gasteiger partial charge in [-0.25, -0.2) is 0 Å². The van der Waals surface area contributed by atoms with Crippen LogP contribution in [0.4, 0.5) is 0 Å². The maximum absolute atomic E-state index is 3.66. The van der Waals surface area contributed by atoms with Gasteiger partial charge in [-0.05, 0) is 43.3 Å². The third-order valence-electron chi connectivity index (χ3n) is 2.92. The van der Waals surface area contributed by atoms with E-state index in [2.05, 4.69) is 56.2 Å². The van der Waals surface area contributed by atoms with Crippen LogP contribution in [-0.2, 0) is 0 Å². The van der Waals surface area contributed by atoms with Crippen molar-refractivity contribution in [3.63, 3.8) is 0 Å². The van der Waals surface area contributed by atoms with E-state index in [1.165, 1.54) is 29.0 Å². The summed E-state index contributed by atoms with van der Waals surface area (Å²) in [6.45, 7) is 10.1. The average Bonchev–Trinajstić information content (AvgIpc) is 2.75. The second-order valence-electron chi connectivity index (χ2n) is 4.55. The van der Waals surface area contributed by atoms with E-state index < -0.39 is 0 Å². The van der Waals surface area contributed by atoms with E-state index in [1.807, 2.05) is 11.3 Å². The van der Waals surface area contributed by atoms with E-state index in [-0.39, 0.29) is 0 Å². The number of hydrogen-bond donors (Lipinski definition) is 1. The highest BCUT2D eigenvalue weighted by Gasteiger charge is 2.13. The Balaban J connectivity index is 2.54. The predicted octanol–water partition coefficient (Wildman–Crippen LogP) is 4.63. The summed E-state index contributed by atoms with van der Waals surface area (Å²) < 4.78 is 0. The Labute approximate surface area is 114 Å². The Morgan fingerprint density at radius 3 is 2.71 bits per heavy atom. The highest BCUT2D eigenvalue weighted by molar-refractivity contribution is 7.99. The van der Waals surface area contributed by atoms with Crippen molar-refractivity contribution in [2.24, 2.45) is 0 Å². The van der Waals surface area contributed by atoms with Crippen LogP contribution in [0.2, 0.25) is 0 Å². The monoisotopic (exact) mass is 271 g/mol. The lowest BCUT2D eigenvalue weighted by Gasteiger charge is -2.19. The van der Waals surface area contributed by atoms with Gasteiger partial charge in [0.25, 0.3) is 0 Å². The fourth-order valence-electron chi connectivity index (χ4n) is 1.62. The minimum absolute atomic E-state index is 0.527. The van der Waals surface area contributed by atoms with Crippen molar-refractivity contribution < 1.29 is 0 Å². The van der Waals surface area contributed by atoms with Crippen molar-refractivity contribution in [1.82, 2.24) is 5.32 Å². The van der Waals surface area contributed by atoms with Crippen molar-refractivity contribution in [3.8, 4) is 0 Å². The largest absolute Gasteiger partial charge is 0.309 e. The Kier molecular flexibility index (Phi) is 7.24. The van der Waals surface area contributed by atoms with Gasteiger partial charge in [0.05, 0.1) is 0 Å². The molecule has 0 amide bonds. The standard InChI is InChI=1S/C14H25NS2/c1-5-7-15-14(10-17-11(3)6-2)13-8-12(4)16-9-13/h8-9,11,14-15H,5-7,10H2,1-4H3. The minimum atomic E-state index is 0.527. The van der Waals surface area contributed by atoms with Gasteiger partial charge >= 0.3 is 0 Å². The Morgan fingerprint density at radius 1 is 1.41 bits per heavy atom. The molecule has 0 aliphatic rings. The van der Waals surface area contributed by atoms with Gasteiger partial charge in [0.1, 0.15) is 0 Å². The molecule has 0 aliphatic heterocycles. The highest BCUT2D eigenvalue weighted by Crippen LogP contribution is 2.26. The summed E-state index contributed by atoms with van der Waals surface area (Å²) in [6, 6.07) is 2.86. The molecule has 0 fully saturated rings. The Bertz CT molecular complexity index is 309. The third kappa shape index (κ3) is 5.45. The highest BCUT2D eigenvalue weighted by atomic mass is 32.2. The number of thiophene rings is 1. The second kappa shape index (κ2) is 8.17. The van der Waals surface area contributed by atoms with Gasteiger partial charge in [0.15, 0.2) is 0 Å². The van der Waals surface area contributed by atoms with Crippen LogP contribution in [0.5, 0.6) is 0 Å². The van der Waals surface area contributed by atoms with Crippen LogP contribution in [0.15, 0.2) is 11.4 Å². The normalized spacial score (nSPS) is 14.8. The van der Waals surface area contributed by atoms with Crippen molar-refractivity contribution in [2.75, 3.05) is 12.3 Å². The van der Waals surface area contributed by atoms with Crippen LogP contribution in [0.25, 0.3) is 0 Å². The minimum Gasteiger partial charge on any atom is -0.309 e. The molecule has 0 spiro atoms. The molecule has 0 aliphatic carbocycles. The molecule has 0 saturated heterocycles. The van der Waals surface area contributed by atoms with Crippen molar-refractivity contribution in [2.45, 2.75) is 51.8 Å². The van der Waals surface area contributed by atoms with Crippen molar-refractivity contribution in [3.05, 3.63) is 21.9 Å². The zero-order valence-corrected chi connectivity index (χ0v) is 13.1. The van der Waals surface area contributed by atoms with Crippen LogP contribution in [0, 0.1) is 6.92 Å². The Hall–Kier alpha value is 0.0100. The SMILES string of the molecule is CCCNC(CSC(C)CC)c1csc(C)c1. The number of aryl methyl sites for hydroxylation is 1. The summed E-state index contributed by atoms with van der Waals surface area (Å²) >= 11 is 3.94. The molecule has 17 heavy (non-hydrogen) atoms. The molecule has 0 bridgehead atoms. The molecule has 3 heteroatoms. The molecular weight excluding hydrogens is 246 g/mol. The van der Waals surface area contributed by atoms with E-state index in [0.717, 1.165) is 11.8 Å². The van der Waals surface area contributed by atoms with Gasteiger partial charge in [-0.15, -0.1) is 11.3 Å². The number of thioether (sulfide) groups is 1. The van der Waals surface area contributed by atoms with Crippen LogP contribution in [0.3, 0.4) is 0 Å². The first-order valence-corrected chi connectivity index (χ1v) is 8.50. The Morgan fingerprint density at radius 2 is 2.18 bits per heavy atom. The molecular formula is C14H25NS2. The fraction of sp³-hybridized carbons (Fsp3) is 0.714. The lowest BCUT2D eigenvalue weighted by atomic mass is 10.1. The van der Waals surface area contributed by atoms with E-state index >= 15 is 0 Å². The molecule has 1 rings (SSSR count). The maximum Gasteiger partial charge on any atom is 0.0420 e. The maximum atomic E-state index is 3.66. The topological polar surface area (TPSA) is 12.0 Å². The lowest BCUT2D eigenvalue weighted by Crippen LogP contribution is -2.24. The number of nitrogens with one attached hydrogen (secondary N) is 1. The van der Waals surface area contributed by atoms with E-state index in [0.29, 0.717) is 6.04 Å². The quantitative estimate of drug-likeness (QED) is 0.740. The molecule has 1 nitrogen and oxygen atoms in total. The zero-order valence-electron chi connectivity index (χ0n) is 11.5. The summed E-state index contributed by atoms with van der Waals surface area (Å²) in [7, 11) is 0. The molecule has 1 N–H and O–H groups in total. The molecule has 0 saturated carbocycles. The van der Waals surface area contributed by atoms with Gasteiger partial charge < -0.3 is 5.32 Å². The molecule has 2 atom stereocenters. The van der Waals surface area contributed by atoms with Crippen LogP contribution < -0.4 is 5.32 Å². The third-order valence-corrected chi connectivity index (χ3v) is 5.22. The first-order valence-electron chi connectivity index (χ1n) is 6.57. The van der Waals surface area contributed by atoms with Crippen molar-refractivity contribution in [1.29, 1.82) is 0 Å². The van der Waals surface area contributed by atoms with Gasteiger partial charge in [0.2, 0.25) is 0 Å². The van der Waals surface area contributed by atoms with E-state index in [1.54, 1.807) is 0 Å². The summed E-state index contributed by atoms with van der Waals surface area (Å²) in [5.41, 5.74) is 1.47. The summed E-state index contributed by atoms with van der Waals surface area (Å²) in [6.07, 6.45) is 2.46. The first kappa shape index (κ1) is 15.1. The zero-order chi connectivity index (χ0) is 12.7. The molecule has 2 unspecified atom stereocenters. The molecule has 1 heterocycles. The predicted molar refractivity (Wildman–Crippen MR) is 82.3 cm³/mol. The van der Waals surface area contributed by atoms with E-state index in [4.69, 9.17) is 0 Å². The van der Waals surface area contributed by atoms with E-state index in [9.17, 15) is 0 Å². The smallest absolute Gasteiger partial charge is 0.0420 e. The van der Waals surface area contributed by atoms with Crippen LogP contribution in [-0.4, -0.2) is 17.5 Å². The van der Waals surface area contributed by atoms with Gasteiger partial charge in [-0.2, -0.15) is 11.8 Å². The second-order valence-corrected chi connectivity index (χ2v) is 7.14. The van der Waals surface area contributed by atoms with Crippen LogP contribution >= 0.6 is 23.1 Å². The molecule has 1 aromatic heterocycles. The first-order chi connectivity index (χ1) is 8.17. The van der Waals surface area contributed by atoms with Crippen molar-refractivity contribution >= 4 is 23.1 Å². The molecule has 0 radical (unpaired) electrons. The summed E-state index contributed by atoms with van der Waals surface area (Å²) in [5, 5.41) is 6.73. The summed E-state index contributed by atoms with van der Waals surface area (Å²) in [4.78, 5) is 1.41. The molecule has 98 valence electrons. The summed E-state index contributed by atoms with van der Waals surface area (Å²) in [5.74, 6) is 1.19. The number of rotatable bonds is 8. The van der Waals surface area contributed by atoms with Crippen LogP contribution in [0.1, 0.15) is 50.1 Å². The molecule has 1 aromatic rings. The van der Waals surface area contributed by atoms with Gasteiger partial charge in [0, 0.05) is 21.9 Å². The number of hydrogen-bond acceptors (Lipinski definition) is 3. The molecule has 0 aromatic carbocycles. The fourth-order valence-corrected chi connectivity index (χ4v) is 3.44. The lowest BCUT2D eigenvalue weighted by molar-refractivity contribution is 0.578. The van der Waals surface area contributed by atoms with Gasteiger partial charge in [-0.3, -0.25) is 0 Å². The van der Waals surface area contributed by atoms with Gasteiger partial charge in [-0.1, -0.05) is 20.8 Å². The average molecular weight is 271 g/mol.